The number of hydrogen-bond donors (Lipinski definition) is 1. The highest BCUT2D eigenvalue weighted by molar-refractivity contribution is 6.30. The summed E-state index contributed by atoms with van der Waals surface area (Å²) < 4.78 is 7.93. The van der Waals surface area contributed by atoms with Gasteiger partial charge in [0.15, 0.2) is 0 Å². The lowest BCUT2D eigenvalue weighted by Crippen LogP contribution is -2.39. The van der Waals surface area contributed by atoms with Crippen molar-refractivity contribution in [2.45, 2.75) is 20.0 Å². The molecular weight excluding hydrogens is 478 g/mol. The van der Waals surface area contributed by atoms with Crippen LogP contribution in [0.15, 0.2) is 99.1 Å². The lowest BCUT2D eigenvalue weighted by atomic mass is 10.1. The molecule has 0 radical (unpaired) electrons. The summed E-state index contributed by atoms with van der Waals surface area (Å²) in [6.07, 6.45) is 1.53. The maximum atomic E-state index is 13.7. The summed E-state index contributed by atoms with van der Waals surface area (Å²) in [7, 11) is 0. The van der Waals surface area contributed by atoms with Gasteiger partial charge < -0.3 is 9.73 Å². The highest BCUT2D eigenvalue weighted by Gasteiger charge is 2.17. The Morgan fingerprint density at radius 2 is 1.72 bits per heavy atom. The van der Waals surface area contributed by atoms with Crippen LogP contribution in [0.25, 0.3) is 16.6 Å². The first kappa shape index (κ1) is 23.4. The van der Waals surface area contributed by atoms with Crippen LogP contribution in [0.2, 0.25) is 5.02 Å². The van der Waals surface area contributed by atoms with E-state index in [-0.39, 0.29) is 19.0 Å². The first-order valence-electron chi connectivity index (χ1n) is 11.3. The fourth-order valence-electron chi connectivity index (χ4n) is 4.04. The van der Waals surface area contributed by atoms with Crippen LogP contribution in [0.4, 0.5) is 0 Å². The molecule has 0 atom stereocenters. The number of amides is 1. The first-order valence-corrected chi connectivity index (χ1v) is 11.7. The second kappa shape index (κ2) is 9.71. The molecule has 0 aliphatic rings. The minimum atomic E-state index is -0.501. The quantitative estimate of drug-likeness (QED) is 0.367. The zero-order valence-electron chi connectivity index (χ0n) is 19.4. The van der Waals surface area contributed by atoms with E-state index in [4.69, 9.17) is 16.0 Å². The number of aryl methyl sites for hydroxylation is 1. The van der Waals surface area contributed by atoms with E-state index < -0.39 is 11.2 Å². The molecule has 0 saturated heterocycles. The number of rotatable bonds is 6. The van der Waals surface area contributed by atoms with E-state index in [1.165, 1.54) is 10.8 Å². The molecule has 0 spiro atoms. The van der Waals surface area contributed by atoms with Gasteiger partial charge in [0.25, 0.3) is 11.5 Å². The Balaban J connectivity index is 1.65. The number of halogens is 1. The number of aromatic nitrogens is 2. The Bertz CT molecular complexity index is 1670. The van der Waals surface area contributed by atoms with Crippen molar-refractivity contribution >= 4 is 28.4 Å². The van der Waals surface area contributed by atoms with Crippen LogP contribution in [0, 0.1) is 6.92 Å². The highest BCUT2D eigenvalue weighted by Crippen LogP contribution is 2.17. The van der Waals surface area contributed by atoms with Crippen molar-refractivity contribution in [1.82, 2.24) is 14.5 Å². The van der Waals surface area contributed by atoms with Crippen molar-refractivity contribution in [3.8, 4) is 5.69 Å². The third kappa shape index (κ3) is 4.61. The summed E-state index contributed by atoms with van der Waals surface area (Å²) in [6, 6.07) is 22.6. The van der Waals surface area contributed by atoms with Gasteiger partial charge in [0.05, 0.1) is 35.9 Å². The Morgan fingerprint density at radius 3 is 2.42 bits per heavy atom. The largest absolute Gasteiger partial charge is 0.467 e. The van der Waals surface area contributed by atoms with Gasteiger partial charge in [-0.25, -0.2) is 9.36 Å². The van der Waals surface area contributed by atoms with E-state index in [1.54, 1.807) is 54.6 Å². The topological polar surface area (TPSA) is 86.2 Å². The Hall–Kier alpha value is -4.36. The Kier molecular flexibility index (Phi) is 6.31. The van der Waals surface area contributed by atoms with E-state index in [1.807, 2.05) is 31.2 Å². The second-order valence-corrected chi connectivity index (χ2v) is 8.90. The molecule has 8 heteroatoms. The monoisotopic (exact) mass is 499 g/mol. The predicted octanol–water partition coefficient (Wildman–Crippen LogP) is 4.69. The van der Waals surface area contributed by atoms with E-state index in [9.17, 15) is 14.4 Å². The summed E-state index contributed by atoms with van der Waals surface area (Å²) in [4.78, 5) is 40.0. The van der Waals surface area contributed by atoms with Gasteiger partial charge in [0.2, 0.25) is 0 Å². The molecule has 5 rings (SSSR count). The van der Waals surface area contributed by atoms with Gasteiger partial charge in [-0.15, -0.1) is 0 Å². The Morgan fingerprint density at radius 1 is 0.972 bits per heavy atom. The summed E-state index contributed by atoms with van der Waals surface area (Å²) in [5.41, 5.74) is 2.06. The molecule has 0 aliphatic heterocycles. The average molecular weight is 500 g/mol. The normalized spacial score (nSPS) is 11.1. The van der Waals surface area contributed by atoms with Crippen LogP contribution < -0.4 is 16.6 Å². The van der Waals surface area contributed by atoms with Crippen molar-refractivity contribution in [2.24, 2.45) is 0 Å². The zero-order valence-corrected chi connectivity index (χ0v) is 20.2. The van der Waals surface area contributed by atoms with Gasteiger partial charge in [0, 0.05) is 10.6 Å². The number of carbonyl (C=O) groups excluding carboxylic acids is 1. The minimum Gasteiger partial charge on any atom is -0.467 e. The van der Waals surface area contributed by atoms with Crippen molar-refractivity contribution in [3.05, 3.63) is 133 Å². The van der Waals surface area contributed by atoms with Crippen LogP contribution in [0.5, 0.6) is 0 Å². The number of fused-ring (bicyclic) bond motifs is 1. The van der Waals surface area contributed by atoms with Crippen molar-refractivity contribution in [1.29, 1.82) is 0 Å². The molecule has 2 aromatic heterocycles. The number of hydrogen-bond acceptors (Lipinski definition) is 4. The maximum absolute atomic E-state index is 13.7. The van der Waals surface area contributed by atoms with Crippen LogP contribution in [-0.4, -0.2) is 15.0 Å². The predicted molar refractivity (Wildman–Crippen MR) is 139 cm³/mol. The smallest absolute Gasteiger partial charge is 0.336 e. The maximum Gasteiger partial charge on any atom is 0.336 e. The molecule has 0 fully saturated rings. The summed E-state index contributed by atoms with van der Waals surface area (Å²) >= 11 is 6.04. The van der Waals surface area contributed by atoms with Gasteiger partial charge in [0.1, 0.15) is 5.76 Å². The molecule has 1 N–H and O–H groups in total. The summed E-state index contributed by atoms with van der Waals surface area (Å²) in [5, 5.41) is 3.70. The average Bonchev–Trinajstić information content (AvgIpc) is 3.41. The van der Waals surface area contributed by atoms with Gasteiger partial charge in [-0.1, -0.05) is 41.4 Å². The Labute approximate surface area is 211 Å². The third-order valence-corrected chi connectivity index (χ3v) is 6.21. The van der Waals surface area contributed by atoms with Crippen molar-refractivity contribution in [2.75, 3.05) is 0 Å². The number of furan rings is 1. The molecule has 36 heavy (non-hydrogen) atoms. The molecule has 1 amide bonds. The number of nitrogens with zero attached hydrogens (tertiary/aromatic N) is 2. The number of benzene rings is 3. The number of carbonyl (C=O) groups is 1. The van der Waals surface area contributed by atoms with E-state index in [0.29, 0.717) is 32.9 Å². The zero-order chi connectivity index (χ0) is 25.2. The fraction of sp³-hybridized carbons (Fsp3) is 0.107. The van der Waals surface area contributed by atoms with E-state index >= 15 is 0 Å². The van der Waals surface area contributed by atoms with Crippen LogP contribution in [-0.2, 0) is 13.1 Å². The standard InChI is InChI=1S/C28H22ClN3O4/c1-18-4-11-22(12-5-18)32-27(34)24-13-8-20(26(33)30-16-23-3-2-14-36-23)15-25(24)31(28(32)35)17-19-6-9-21(29)10-7-19/h2-15H,16-17H2,1H3,(H,30,33). The van der Waals surface area contributed by atoms with Gasteiger partial charge in [-0.3, -0.25) is 14.2 Å². The van der Waals surface area contributed by atoms with Gasteiger partial charge >= 0.3 is 5.69 Å². The lowest BCUT2D eigenvalue weighted by molar-refractivity contribution is 0.0948. The molecule has 0 bridgehead atoms. The van der Waals surface area contributed by atoms with E-state index in [2.05, 4.69) is 5.32 Å². The van der Waals surface area contributed by atoms with Gasteiger partial charge in [-0.05, 0) is 67.1 Å². The van der Waals surface area contributed by atoms with Crippen molar-refractivity contribution < 1.29 is 9.21 Å². The molecule has 0 unspecified atom stereocenters. The summed E-state index contributed by atoms with van der Waals surface area (Å²) in [6.45, 7) is 2.34. The SMILES string of the molecule is Cc1ccc(-n2c(=O)c3ccc(C(=O)NCc4ccco4)cc3n(Cc3ccc(Cl)cc3)c2=O)cc1. The first-order chi connectivity index (χ1) is 17.4. The fourth-order valence-corrected chi connectivity index (χ4v) is 4.16. The van der Waals surface area contributed by atoms with E-state index in [0.717, 1.165) is 15.7 Å². The lowest BCUT2D eigenvalue weighted by Gasteiger charge is -2.15. The van der Waals surface area contributed by atoms with Crippen LogP contribution in [0.3, 0.4) is 0 Å². The molecule has 5 aromatic rings. The second-order valence-electron chi connectivity index (χ2n) is 8.47. The van der Waals surface area contributed by atoms with Gasteiger partial charge in [-0.2, -0.15) is 0 Å². The molecule has 3 aromatic carbocycles. The molecular formula is C28H22ClN3O4. The molecule has 0 aliphatic carbocycles. The third-order valence-electron chi connectivity index (χ3n) is 5.96. The number of nitrogens with one attached hydrogen (secondary N) is 1. The van der Waals surface area contributed by atoms with Crippen LogP contribution >= 0.6 is 11.6 Å². The minimum absolute atomic E-state index is 0.191. The summed E-state index contributed by atoms with van der Waals surface area (Å²) in [5.74, 6) is 0.270. The molecule has 180 valence electrons. The van der Waals surface area contributed by atoms with Crippen molar-refractivity contribution in [3.63, 3.8) is 0 Å². The molecule has 7 nitrogen and oxygen atoms in total. The highest BCUT2D eigenvalue weighted by atomic mass is 35.5. The van der Waals surface area contributed by atoms with Crippen LogP contribution in [0.1, 0.15) is 27.2 Å². The molecule has 0 saturated carbocycles. The molecule has 2 heterocycles.